The molecule has 0 bridgehead atoms. The number of hydrogen-bond donors (Lipinski definition) is 1. The van der Waals surface area contributed by atoms with Gasteiger partial charge in [-0.2, -0.15) is 0 Å². The van der Waals surface area contributed by atoms with Crippen LogP contribution in [0.1, 0.15) is 50.3 Å². The summed E-state index contributed by atoms with van der Waals surface area (Å²) in [7, 11) is 0. The molecule has 0 atom stereocenters. The number of rotatable bonds is 10. The van der Waals surface area contributed by atoms with Crippen LogP contribution in [0, 0.1) is 6.92 Å². The maximum Gasteiger partial charge on any atom is 0.187 e. The number of hydrogen-bond acceptors (Lipinski definition) is 7. The minimum atomic E-state index is 0.792. The predicted octanol–water partition coefficient (Wildman–Crippen LogP) is 7.29. The van der Waals surface area contributed by atoms with Gasteiger partial charge in [-0.3, -0.25) is 9.97 Å². The Balaban J connectivity index is 1.38. The van der Waals surface area contributed by atoms with Gasteiger partial charge in [0, 0.05) is 23.5 Å². The van der Waals surface area contributed by atoms with Crippen LogP contribution in [0.2, 0.25) is 0 Å². The molecule has 3 heterocycles. The number of unbranched alkanes of at least 4 members (excludes halogenated alkanes) is 4. The average molecular weight is 450 g/mol. The van der Waals surface area contributed by atoms with Gasteiger partial charge in [-0.05, 0) is 37.5 Å². The molecule has 31 heavy (non-hydrogen) atoms. The number of thiazole rings is 2. The zero-order valence-electron chi connectivity index (χ0n) is 18.0. The van der Waals surface area contributed by atoms with Gasteiger partial charge in [0.2, 0.25) is 0 Å². The number of aromatic nitrogens is 4. The second kappa shape index (κ2) is 10.6. The Morgan fingerprint density at radius 2 is 1.77 bits per heavy atom. The fourth-order valence-electron chi connectivity index (χ4n) is 3.40. The zero-order valence-corrected chi connectivity index (χ0v) is 19.6. The van der Waals surface area contributed by atoms with Crippen molar-refractivity contribution in [3.63, 3.8) is 0 Å². The summed E-state index contributed by atoms with van der Waals surface area (Å²) in [6.45, 7) is 4.27. The van der Waals surface area contributed by atoms with Crippen LogP contribution in [0.5, 0.6) is 0 Å². The molecule has 0 fully saturated rings. The molecule has 0 saturated heterocycles. The van der Waals surface area contributed by atoms with E-state index in [-0.39, 0.29) is 0 Å². The summed E-state index contributed by atoms with van der Waals surface area (Å²) in [4.78, 5) is 19.0. The molecule has 4 aromatic rings. The second-order valence-corrected chi connectivity index (χ2v) is 9.41. The lowest BCUT2D eigenvalue weighted by Gasteiger charge is -2.05. The van der Waals surface area contributed by atoms with Gasteiger partial charge in [-0.15, -0.1) is 22.7 Å². The molecule has 7 heteroatoms. The average Bonchev–Trinajstić information content (AvgIpc) is 3.42. The van der Waals surface area contributed by atoms with Crippen molar-refractivity contribution in [1.82, 2.24) is 19.9 Å². The predicted molar refractivity (Wildman–Crippen MR) is 131 cm³/mol. The SMILES string of the molecule is CCCCCCCc1ccc(Nc2nc(-c3sc(-c4cnccn4)nc3C)cs2)cc1. The Morgan fingerprint density at radius 3 is 2.55 bits per heavy atom. The lowest BCUT2D eigenvalue weighted by Crippen LogP contribution is -1.91. The van der Waals surface area contributed by atoms with E-state index in [2.05, 4.69) is 56.8 Å². The van der Waals surface area contributed by atoms with Crippen LogP contribution in [-0.4, -0.2) is 19.9 Å². The van der Waals surface area contributed by atoms with Crippen LogP contribution in [0.15, 0.2) is 48.2 Å². The first-order chi connectivity index (χ1) is 15.2. The lowest BCUT2D eigenvalue weighted by atomic mass is 10.1. The van der Waals surface area contributed by atoms with Crippen molar-refractivity contribution < 1.29 is 0 Å². The van der Waals surface area contributed by atoms with Crippen molar-refractivity contribution in [3.8, 4) is 21.3 Å². The highest BCUT2D eigenvalue weighted by Gasteiger charge is 2.15. The highest BCUT2D eigenvalue weighted by Crippen LogP contribution is 2.36. The maximum absolute atomic E-state index is 4.79. The fourth-order valence-corrected chi connectivity index (χ4v) is 5.18. The number of benzene rings is 1. The smallest absolute Gasteiger partial charge is 0.187 e. The molecule has 0 aliphatic heterocycles. The Morgan fingerprint density at radius 1 is 0.935 bits per heavy atom. The van der Waals surface area contributed by atoms with Gasteiger partial charge in [0.15, 0.2) is 5.13 Å². The van der Waals surface area contributed by atoms with Crippen LogP contribution in [0.3, 0.4) is 0 Å². The minimum absolute atomic E-state index is 0.792. The van der Waals surface area contributed by atoms with Gasteiger partial charge in [0.05, 0.1) is 22.5 Å². The van der Waals surface area contributed by atoms with E-state index in [9.17, 15) is 0 Å². The highest BCUT2D eigenvalue weighted by molar-refractivity contribution is 7.19. The minimum Gasteiger partial charge on any atom is -0.332 e. The molecule has 3 aromatic heterocycles. The summed E-state index contributed by atoms with van der Waals surface area (Å²) < 4.78 is 0. The Kier molecular flexibility index (Phi) is 7.38. The van der Waals surface area contributed by atoms with Gasteiger partial charge in [0.1, 0.15) is 10.7 Å². The van der Waals surface area contributed by atoms with E-state index in [1.165, 1.54) is 37.7 Å². The molecule has 0 saturated carbocycles. The standard InChI is InChI=1S/C24H27N5S2/c1-3-4-5-6-7-8-18-9-11-19(12-10-18)28-24-29-21(16-30-24)22-17(2)27-23(31-22)20-15-25-13-14-26-20/h9-16H,3-8H2,1-2H3,(H,28,29). The number of nitrogens with one attached hydrogen (secondary N) is 1. The van der Waals surface area contributed by atoms with E-state index in [4.69, 9.17) is 4.98 Å². The molecule has 0 aliphatic rings. The van der Waals surface area contributed by atoms with E-state index in [1.807, 2.05) is 6.92 Å². The van der Waals surface area contributed by atoms with Crippen molar-refractivity contribution in [1.29, 1.82) is 0 Å². The number of nitrogens with zero attached hydrogens (tertiary/aromatic N) is 4. The van der Waals surface area contributed by atoms with Gasteiger partial charge < -0.3 is 5.32 Å². The van der Waals surface area contributed by atoms with Crippen LogP contribution >= 0.6 is 22.7 Å². The third kappa shape index (κ3) is 5.74. The monoisotopic (exact) mass is 449 g/mol. The van der Waals surface area contributed by atoms with Crippen molar-refractivity contribution in [2.75, 3.05) is 5.32 Å². The van der Waals surface area contributed by atoms with Crippen LogP contribution in [-0.2, 0) is 6.42 Å². The van der Waals surface area contributed by atoms with Crippen molar-refractivity contribution >= 4 is 33.5 Å². The van der Waals surface area contributed by atoms with Gasteiger partial charge in [-0.25, -0.2) is 9.97 Å². The Bertz CT molecular complexity index is 1090. The van der Waals surface area contributed by atoms with Gasteiger partial charge in [-0.1, -0.05) is 44.7 Å². The number of anilines is 2. The molecule has 0 radical (unpaired) electrons. The molecule has 1 aromatic carbocycles. The highest BCUT2D eigenvalue weighted by atomic mass is 32.1. The molecule has 0 amide bonds. The molecule has 4 rings (SSSR count). The maximum atomic E-state index is 4.79. The summed E-state index contributed by atoms with van der Waals surface area (Å²) in [6, 6.07) is 8.73. The third-order valence-electron chi connectivity index (χ3n) is 5.09. The van der Waals surface area contributed by atoms with Crippen molar-refractivity contribution in [2.24, 2.45) is 0 Å². The van der Waals surface area contributed by atoms with Crippen LogP contribution in [0.25, 0.3) is 21.3 Å². The van der Waals surface area contributed by atoms with Crippen molar-refractivity contribution in [2.45, 2.75) is 52.4 Å². The number of aryl methyl sites for hydroxylation is 2. The Hall–Kier alpha value is -2.64. The van der Waals surface area contributed by atoms with Crippen LogP contribution < -0.4 is 5.32 Å². The summed E-state index contributed by atoms with van der Waals surface area (Å²) in [5, 5.41) is 7.26. The van der Waals surface area contributed by atoms with Gasteiger partial charge >= 0.3 is 0 Å². The molecule has 0 aliphatic carbocycles. The third-order valence-corrected chi connectivity index (χ3v) is 7.05. The first-order valence-corrected chi connectivity index (χ1v) is 12.5. The van der Waals surface area contributed by atoms with E-state index in [0.717, 1.165) is 44.2 Å². The first-order valence-electron chi connectivity index (χ1n) is 10.8. The summed E-state index contributed by atoms with van der Waals surface area (Å²) in [6.07, 6.45) is 12.8. The fraction of sp³-hybridized carbons (Fsp3) is 0.333. The molecule has 0 unspecified atom stereocenters. The second-order valence-electron chi connectivity index (χ2n) is 7.55. The van der Waals surface area contributed by atoms with Crippen LogP contribution in [0.4, 0.5) is 10.8 Å². The molecule has 0 spiro atoms. The molecular formula is C24H27N5S2. The van der Waals surface area contributed by atoms with Gasteiger partial charge in [0.25, 0.3) is 0 Å². The van der Waals surface area contributed by atoms with E-state index in [1.54, 1.807) is 41.3 Å². The molecule has 1 N–H and O–H groups in total. The lowest BCUT2D eigenvalue weighted by molar-refractivity contribution is 0.632. The topological polar surface area (TPSA) is 63.6 Å². The molecular weight excluding hydrogens is 422 g/mol. The molecule has 5 nitrogen and oxygen atoms in total. The molecule has 160 valence electrons. The van der Waals surface area contributed by atoms with E-state index >= 15 is 0 Å². The van der Waals surface area contributed by atoms with E-state index in [0.29, 0.717) is 0 Å². The van der Waals surface area contributed by atoms with Crippen molar-refractivity contribution in [3.05, 3.63) is 59.5 Å². The summed E-state index contributed by atoms with van der Waals surface area (Å²) >= 11 is 3.21. The first kappa shape index (κ1) is 21.6. The quantitative estimate of drug-likeness (QED) is 0.258. The van der Waals surface area contributed by atoms with E-state index < -0.39 is 0 Å². The Labute approximate surface area is 191 Å². The summed E-state index contributed by atoms with van der Waals surface area (Å²) in [5.74, 6) is 0. The normalized spacial score (nSPS) is 11.0. The largest absolute Gasteiger partial charge is 0.332 e. The summed E-state index contributed by atoms with van der Waals surface area (Å²) in [5.41, 5.74) is 5.17. The zero-order chi connectivity index (χ0) is 21.5.